The first-order valence-electron chi connectivity index (χ1n) is 12.8. The number of aryl methyl sites for hydroxylation is 2. The minimum atomic E-state index is -1.23. The Morgan fingerprint density at radius 2 is 1.77 bits per heavy atom. The molecule has 0 saturated carbocycles. The number of rotatable bonds is 4. The fraction of sp³-hybridized carbons (Fsp3) is 0.393. The van der Waals surface area contributed by atoms with Gasteiger partial charge in [-0.25, -0.2) is 28.0 Å². The second-order valence-corrected chi connectivity index (χ2v) is 10.9. The molecule has 1 aliphatic heterocycles. The number of alkyl halides is 1. The molecular formula is C28H32FN7O3. The van der Waals surface area contributed by atoms with Gasteiger partial charge in [-0.05, 0) is 52.3 Å². The molecule has 3 aromatic heterocycles. The predicted molar refractivity (Wildman–Crippen MR) is 146 cm³/mol. The number of likely N-dealkylation sites (tertiary alicyclic amines) is 1. The average molecular weight is 534 g/mol. The molecule has 11 heteroatoms. The first-order valence-corrected chi connectivity index (χ1v) is 12.8. The van der Waals surface area contributed by atoms with Gasteiger partial charge in [0, 0.05) is 23.4 Å². The molecule has 5 rings (SSSR count). The quantitative estimate of drug-likeness (QED) is 0.418. The topological polar surface area (TPSA) is 121 Å². The van der Waals surface area contributed by atoms with Gasteiger partial charge in [-0.2, -0.15) is 0 Å². The molecule has 1 fully saturated rings. The van der Waals surface area contributed by atoms with Gasteiger partial charge in [0.2, 0.25) is 5.95 Å². The van der Waals surface area contributed by atoms with Crippen molar-refractivity contribution in [3.8, 4) is 22.4 Å². The zero-order chi connectivity index (χ0) is 28.1. The van der Waals surface area contributed by atoms with Crippen LogP contribution in [0.4, 0.5) is 15.1 Å². The van der Waals surface area contributed by atoms with E-state index in [4.69, 9.17) is 10.5 Å². The van der Waals surface area contributed by atoms with Gasteiger partial charge in [0.25, 0.3) is 0 Å². The van der Waals surface area contributed by atoms with Crippen molar-refractivity contribution in [1.82, 2.24) is 29.0 Å². The van der Waals surface area contributed by atoms with Crippen LogP contribution in [0.15, 0.2) is 47.3 Å². The van der Waals surface area contributed by atoms with Gasteiger partial charge in [0.15, 0.2) is 5.65 Å². The van der Waals surface area contributed by atoms with Crippen molar-refractivity contribution in [3.05, 3.63) is 64.3 Å². The molecule has 1 aromatic carbocycles. The largest absolute Gasteiger partial charge is 0.444 e. The summed E-state index contributed by atoms with van der Waals surface area (Å²) in [5, 5.41) is 4.68. The Morgan fingerprint density at radius 3 is 2.41 bits per heavy atom. The maximum absolute atomic E-state index is 14.5. The van der Waals surface area contributed by atoms with Crippen LogP contribution in [0.3, 0.4) is 0 Å². The van der Waals surface area contributed by atoms with E-state index < -0.39 is 29.6 Å². The molecule has 4 aromatic rings. The van der Waals surface area contributed by atoms with Gasteiger partial charge < -0.3 is 15.4 Å². The lowest BCUT2D eigenvalue weighted by Crippen LogP contribution is -2.43. The second-order valence-electron chi connectivity index (χ2n) is 10.9. The molecule has 0 unspecified atom stereocenters. The molecule has 2 N–H and O–H groups in total. The number of halogens is 1. The summed E-state index contributed by atoms with van der Waals surface area (Å²) in [5.41, 5.74) is 9.78. The number of amides is 1. The van der Waals surface area contributed by atoms with Crippen molar-refractivity contribution >= 4 is 17.7 Å². The fourth-order valence-corrected chi connectivity index (χ4v) is 5.05. The third-order valence-electron chi connectivity index (χ3n) is 6.55. The van der Waals surface area contributed by atoms with Crippen LogP contribution in [0.25, 0.3) is 28.0 Å². The molecule has 1 saturated heterocycles. The highest BCUT2D eigenvalue weighted by molar-refractivity contribution is 5.90. The number of carbonyl (C=O) groups excluding carboxylic acids is 1. The lowest BCUT2D eigenvalue weighted by Gasteiger charge is -2.28. The van der Waals surface area contributed by atoms with Crippen molar-refractivity contribution in [1.29, 1.82) is 0 Å². The van der Waals surface area contributed by atoms with Crippen molar-refractivity contribution in [2.24, 2.45) is 0 Å². The second kappa shape index (κ2) is 9.79. The maximum Gasteiger partial charge on any atom is 0.410 e. The molecule has 4 heterocycles. The average Bonchev–Trinajstić information content (AvgIpc) is 3.37. The Hall–Kier alpha value is -4.28. The molecule has 1 amide bonds. The molecule has 1 aliphatic rings. The SMILES string of the molecule is Cc1cc(-c2c(-c3ccccc3)nc(N)n3c(=O)n(C[C@H]4C[C@H](F)CN4C(=O)OC(C)(C)C)nc23)cc(C)n1. The lowest BCUT2D eigenvalue weighted by atomic mass is 9.99. The van der Waals surface area contributed by atoms with Crippen LogP contribution in [0.1, 0.15) is 38.6 Å². The Kier molecular flexibility index (Phi) is 6.61. The minimum Gasteiger partial charge on any atom is -0.444 e. The van der Waals surface area contributed by atoms with E-state index in [-0.39, 0.29) is 25.5 Å². The molecule has 0 aliphatic carbocycles. The molecule has 39 heavy (non-hydrogen) atoms. The van der Waals surface area contributed by atoms with E-state index in [0.29, 0.717) is 16.9 Å². The van der Waals surface area contributed by atoms with Crippen LogP contribution in [0.5, 0.6) is 0 Å². The van der Waals surface area contributed by atoms with E-state index in [0.717, 1.165) is 22.5 Å². The van der Waals surface area contributed by atoms with Gasteiger partial charge in [0.05, 0.1) is 30.4 Å². The Bertz CT molecular complexity index is 1590. The van der Waals surface area contributed by atoms with Crippen LogP contribution < -0.4 is 11.4 Å². The Balaban J connectivity index is 1.66. The van der Waals surface area contributed by atoms with Crippen LogP contribution >= 0.6 is 0 Å². The summed E-state index contributed by atoms with van der Waals surface area (Å²) in [6, 6.07) is 12.7. The number of nitrogen functional groups attached to an aromatic ring is 1. The third-order valence-corrected chi connectivity index (χ3v) is 6.55. The number of hydrogen-bond acceptors (Lipinski definition) is 7. The molecule has 0 radical (unpaired) electrons. The van der Waals surface area contributed by atoms with Gasteiger partial charge in [-0.15, -0.1) is 5.10 Å². The summed E-state index contributed by atoms with van der Waals surface area (Å²) < 4.78 is 22.5. The number of hydrogen-bond donors (Lipinski definition) is 1. The number of nitrogens with zero attached hydrogens (tertiary/aromatic N) is 6. The predicted octanol–water partition coefficient (Wildman–Crippen LogP) is 4.17. The first-order chi connectivity index (χ1) is 18.4. The van der Waals surface area contributed by atoms with Crippen molar-refractivity contribution < 1.29 is 13.9 Å². The Morgan fingerprint density at radius 1 is 1.10 bits per heavy atom. The molecular weight excluding hydrogens is 501 g/mol. The van der Waals surface area contributed by atoms with Crippen molar-refractivity contribution in [3.63, 3.8) is 0 Å². The third kappa shape index (κ3) is 5.21. The summed E-state index contributed by atoms with van der Waals surface area (Å²) in [5.74, 6) is -0.0230. The number of fused-ring (bicyclic) bond motifs is 1. The Labute approximate surface area is 225 Å². The lowest BCUT2D eigenvalue weighted by molar-refractivity contribution is 0.0203. The molecule has 2 atom stereocenters. The van der Waals surface area contributed by atoms with E-state index in [1.807, 2.05) is 56.3 Å². The summed E-state index contributed by atoms with van der Waals surface area (Å²) in [7, 11) is 0. The van der Waals surface area contributed by atoms with Crippen molar-refractivity contribution in [2.45, 2.75) is 65.4 Å². The normalized spacial score (nSPS) is 17.6. The summed E-state index contributed by atoms with van der Waals surface area (Å²) in [6.07, 6.45) is -1.79. The minimum absolute atomic E-state index is 0.0197. The van der Waals surface area contributed by atoms with Gasteiger partial charge >= 0.3 is 11.8 Å². The molecule has 0 bridgehead atoms. The fourth-order valence-electron chi connectivity index (χ4n) is 5.05. The molecule has 0 spiro atoms. The van der Waals surface area contributed by atoms with Crippen LogP contribution in [0, 0.1) is 13.8 Å². The van der Waals surface area contributed by atoms with Crippen LogP contribution in [-0.4, -0.2) is 59.5 Å². The van der Waals surface area contributed by atoms with Crippen LogP contribution in [0.2, 0.25) is 0 Å². The summed E-state index contributed by atoms with van der Waals surface area (Å²) in [4.78, 5) is 36.9. The summed E-state index contributed by atoms with van der Waals surface area (Å²) >= 11 is 0. The van der Waals surface area contributed by atoms with E-state index in [1.165, 1.54) is 14.0 Å². The number of aromatic nitrogens is 5. The van der Waals surface area contributed by atoms with Crippen molar-refractivity contribution in [2.75, 3.05) is 12.3 Å². The number of benzene rings is 1. The van der Waals surface area contributed by atoms with E-state index in [9.17, 15) is 14.0 Å². The molecule has 10 nitrogen and oxygen atoms in total. The van der Waals surface area contributed by atoms with Gasteiger partial charge in [0.1, 0.15) is 11.8 Å². The van der Waals surface area contributed by atoms with Crippen LogP contribution in [-0.2, 0) is 11.3 Å². The zero-order valence-electron chi connectivity index (χ0n) is 22.7. The smallest absolute Gasteiger partial charge is 0.410 e. The van der Waals surface area contributed by atoms with Gasteiger partial charge in [-0.3, -0.25) is 4.98 Å². The molecule has 204 valence electrons. The number of anilines is 1. The zero-order valence-corrected chi connectivity index (χ0v) is 22.7. The number of nitrogens with two attached hydrogens (primary N) is 1. The number of pyridine rings is 1. The highest BCUT2D eigenvalue weighted by atomic mass is 19.1. The van der Waals surface area contributed by atoms with E-state index in [1.54, 1.807) is 20.8 Å². The van der Waals surface area contributed by atoms with E-state index >= 15 is 0 Å². The first kappa shape index (κ1) is 26.3. The highest BCUT2D eigenvalue weighted by Gasteiger charge is 2.38. The van der Waals surface area contributed by atoms with Gasteiger partial charge in [-0.1, -0.05) is 30.3 Å². The number of ether oxygens (including phenoxy) is 1. The number of carbonyl (C=O) groups is 1. The standard InChI is InChI=1S/C28H32FN7O3/c1-16-11-19(12-17(2)31-16)22-23(18-9-7-6-8-10-18)32-25(30)36-24(22)33-35(26(36)37)15-21-13-20(29)14-34(21)27(38)39-28(3,4)5/h6-12,20-21H,13-15H2,1-5H3,(H2,30,32)/t20-,21+/m0/s1. The van der Waals surface area contributed by atoms with E-state index in [2.05, 4.69) is 15.1 Å². The summed E-state index contributed by atoms with van der Waals surface area (Å²) in [6.45, 7) is 8.91. The maximum atomic E-state index is 14.5. The monoisotopic (exact) mass is 533 g/mol. The highest BCUT2D eigenvalue weighted by Crippen LogP contribution is 2.35.